The van der Waals surface area contributed by atoms with Gasteiger partial charge in [-0.2, -0.15) is 0 Å². The first kappa shape index (κ1) is 17.7. The van der Waals surface area contributed by atoms with E-state index in [-0.39, 0.29) is 11.7 Å². The van der Waals surface area contributed by atoms with Crippen LogP contribution in [0.2, 0.25) is 0 Å². The van der Waals surface area contributed by atoms with E-state index in [0.29, 0.717) is 21.9 Å². The van der Waals surface area contributed by atoms with Gasteiger partial charge in [-0.25, -0.2) is 0 Å². The van der Waals surface area contributed by atoms with E-state index in [9.17, 15) is 9.59 Å². The van der Waals surface area contributed by atoms with Gasteiger partial charge in [0.2, 0.25) is 5.78 Å². The first-order valence-electron chi connectivity index (χ1n) is 8.01. The first-order chi connectivity index (χ1) is 12.7. The van der Waals surface area contributed by atoms with Crippen molar-refractivity contribution in [2.75, 3.05) is 12.4 Å². The minimum Gasteiger partial charge on any atom is -0.497 e. The molecule has 0 saturated carbocycles. The summed E-state index contributed by atoms with van der Waals surface area (Å²) in [5.74, 6) is 0.200. The van der Waals surface area contributed by atoms with Gasteiger partial charge in [0, 0.05) is 11.3 Å². The lowest BCUT2D eigenvalue weighted by Gasteiger charge is -2.20. The Hall–Kier alpha value is -3.12. The summed E-state index contributed by atoms with van der Waals surface area (Å²) in [7, 11) is 1.59. The second-order valence-corrected chi connectivity index (χ2v) is 6.43. The fourth-order valence-corrected chi connectivity index (χ4v) is 3.03. The summed E-state index contributed by atoms with van der Waals surface area (Å²) in [4.78, 5) is 25.9. The molecule has 0 saturated heterocycles. The summed E-state index contributed by atoms with van der Waals surface area (Å²) < 4.78 is 5.14. The molecule has 1 heterocycles. The number of benzene rings is 2. The van der Waals surface area contributed by atoms with Crippen molar-refractivity contribution in [2.24, 2.45) is 0 Å². The van der Waals surface area contributed by atoms with Crippen LogP contribution in [0, 0.1) is 0 Å². The summed E-state index contributed by atoms with van der Waals surface area (Å²) in [6.45, 7) is 0. The molecular formula is C20H18N2O3S. The number of methoxy groups -OCH3 is 1. The molecule has 0 aliphatic heterocycles. The highest BCUT2D eigenvalue weighted by Gasteiger charge is 2.23. The third-order valence-electron chi connectivity index (χ3n) is 3.74. The molecule has 1 aromatic heterocycles. The quantitative estimate of drug-likeness (QED) is 0.493. The lowest BCUT2D eigenvalue weighted by Crippen LogP contribution is -2.46. The summed E-state index contributed by atoms with van der Waals surface area (Å²) in [5.41, 5.74) is 1.22. The molecule has 0 fully saturated rings. The van der Waals surface area contributed by atoms with E-state index < -0.39 is 6.17 Å². The Kier molecular flexibility index (Phi) is 5.66. The molecule has 0 aliphatic rings. The number of carbonyl (C=O) groups is 2. The Labute approximate surface area is 155 Å². The van der Waals surface area contributed by atoms with E-state index in [4.69, 9.17) is 4.74 Å². The second-order valence-electron chi connectivity index (χ2n) is 5.49. The van der Waals surface area contributed by atoms with Crippen LogP contribution in [0.25, 0.3) is 0 Å². The smallest absolute Gasteiger partial charge is 0.263 e. The van der Waals surface area contributed by atoms with Gasteiger partial charge in [-0.1, -0.05) is 36.4 Å². The van der Waals surface area contributed by atoms with Crippen molar-refractivity contribution in [1.82, 2.24) is 5.32 Å². The zero-order valence-electron chi connectivity index (χ0n) is 14.1. The molecule has 5 nitrogen and oxygen atoms in total. The molecule has 0 spiro atoms. The molecule has 132 valence electrons. The summed E-state index contributed by atoms with van der Waals surface area (Å²) in [5, 5.41) is 7.68. The standard InChI is InChI=1S/C20H18N2O3S/c1-25-16-11-9-15(10-12-16)21-19(18(23)14-6-3-2-4-7-14)22-20(24)17-8-5-13-26-17/h2-13,19,21H,1H3,(H,22,24)/t19-/m0/s1. The number of Topliss-reactive ketones (excluding diaryl/α,β-unsaturated/α-hetero) is 1. The largest absolute Gasteiger partial charge is 0.497 e. The molecular weight excluding hydrogens is 348 g/mol. The Balaban J connectivity index is 1.82. The Bertz CT molecular complexity index is 862. The molecule has 0 unspecified atom stereocenters. The van der Waals surface area contributed by atoms with Crippen molar-refractivity contribution in [3.05, 3.63) is 82.6 Å². The highest BCUT2D eigenvalue weighted by atomic mass is 32.1. The highest BCUT2D eigenvalue weighted by molar-refractivity contribution is 7.12. The van der Waals surface area contributed by atoms with Gasteiger partial charge in [0.05, 0.1) is 12.0 Å². The fraction of sp³-hybridized carbons (Fsp3) is 0.100. The van der Waals surface area contributed by atoms with Gasteiger partial charge >= 0.3 is 0 Å². The average molecular weight is 366 g/mol. The Morgan fingerprint density at radius 2 is 1.69 bits per heavy atom. The van der Waals surface area contributed by atoms with Crippen molar-refractivity contribution in [1.29, 1.82) is 0 Å². The molecule has 2 aromatic carbocycles. The van der Waals surface area contributed by atoms with E-state index in [1.54, 1.807) is 67.8 Å². The molecule has 0 radical (unpaired) electrons. The number of carbonyl (C=O) groups excluding carboxylic acids is 2. The summed E-state index contributed by atoms with van der Waals surface area (Å²) in [6.07, 6.45) is -0.889. The molecule has 1 atom stereocenters. The number of hydrogen-bond donors (Lipinski definition) is 2. The number of anilines is 1. The maximum atomic E-state index is 12.9. The minimum atomic E-state index is -0.889. The lowest BCUT2D eigenvalue weighted by atomic mass is 10.1. The highest BCUT2D eigenvalue weighted by Crippen LogP contribution is 2.17. The van der Waals surface area contributed by atoms with Gasteiger partial charge in [-0.3, -0.25) is 9.59 Å². The first-order valence-corrected chi connectivity index (χ1v) is 8.89. The maximum absolute atomic E-state index is 12.9. The van der Waals surface area contributed by atoms with Gasteiger partial charge in [0.15, 0.2) is 6.17 Å². The van der Waals surface area contributed by atoms with Crippen LogP contribution in [0.4, 0.5) is 5.69 Å². The Morgan fingerprint density at radius 3 is 2.31 bits per heavy atom. The number of thiophene rings is 1. The van der Waals surface area contributed by atoms with Crippen LogP contribution in [-0.2, 0) is 0 Å². The predicted molar refractivity (Wildman–Crippen MR) is 103 cm³/mol. The molecule has 2 N–H and O–H groups in total. The van der Waals surface area contributed by atoms with Crippen LogP contribution in [0.3, 0.4) is 0 Å². The van der Waals surface area contributed by atoms with Crippen molar-refractivity contribution in [2.45, 2.75) is 6.17 Å². The van der Waals surface area contributed by atoms with Crippen molar-refractivity contribution in [3.63, 3.8) is 0 Å². The van der Waals surface area contributed by atoms with E-state index in [0.717, 1.165) is 0 Å². The number of ketones is 1. The van der Waals surface area contributed by atoms with Gasteiger partial charge in [-0.05, 0) is 35.7 Å². The van der Waals surface area contributed by atoms with E-state index in [2.05, 4.69) is 10.6 Å². The van der Waals surface area contributed by atoms with Gasteiger partial charge in [-0.15, -0.1) is 11.3 Å². The number of ether oxygens (including phenoxy) is 1. The third-order valence-corrected chi connectivity index (χ3v) is 4.61. The maximum Gasteiger partial charge on any atom is 0.263 e. The van der Waals surface area contributed by atoms with Crippen LogP contribution in [0.15, 0.2) is 72.1 Å². The van der Waals surface area contributed by atoms with Crippen LogP contribution < -0.4 is 15.4 Å². The average Bonchev–Trinajstić information content (AvgIpc) is 3.23. The molecule has 1 amide bonds. The topological polar surface area (TPSA) is 67.4 Å². The SMILES string of the molecule is COc1ccc(N[C@@H](NC(=O)c2cccs2)C(=O)c2ccccc2)cc1. The number of nitrogens with one attached hydrogen (secondary N) is 2. The molecule has 0 bridgehead atoms. The van der Waals surface area contributed by atoms with E-state index in [1.807, 2.05) is 11.4 Å². The fourth-order valence-electron chi connectivity index (χ4n) is 2.40. The van der Waals surface area contributed by atoms with Crippen LogP contribution in [0.5, 0.6) is 5.75 Å². The van der Waals surface area contributed by atoms with Crippen molar-refractivity contribution < 1.29 is 14.3 Å². The van der Waals surface area contributed by atoms with Crippen molar-refractivity contribution >= 4 is 28.7 Å². The van der Waals surface area contributed by atoms with Crippen LogP contribution in [0.1, 0.15) is 20.0 Å². The van der Waals surface area contributed by atoms with Gasteiger partial charge in [0.25, 0.3) is 5.91 Å². The molecule has 0 aliphatic carbocycles. The summed E-state index contributed by atoms with van der Waals surface area (Å²) >= 11 is 1.32. The third kappa shape index (κ3) is 4.29. The van der Waals surface area contributed by atoms with Crippen molar-refractivity contribution in [3.8, 4) is 5.75 Å². The predicted octanol–water partition coefficient (Wildman–Crippen LogP) is 3.81. The molecule has 6 heteroatoms. The zero-order chi connectivity index (χ0) is 18.4. The molecule has 3 aromatic rings. The van der Waals surface area contributed by atoms with Crippen LogP contribution in [-0.4, -0.2) is 25.0 Å². The monoisotopic (exact) mass is 366 g/mol. The zero-order valence-corrected chi connectivity index (χ0v) is 15.0. The van der Waals surface area contributed by atoms with E-state index in [1.165, 1.54) is 11.3 Å². The molecule has 3 rings (SSSR count). The molecule has 26 heavy (non-hydrogen) atoms. The minimum absolute atomic E-state index is 0.216. The number of amides is 1. The van der Waals surface area contributed by atoms with Gasteiger partial charge < -0.3 is 15.4 Å². The second kappa shape index (κ2) is 8.31. The number of rotatable bonds is 7. The normalized spacial score (nSPS) is 11.4. The van der Waals surface area contributed by atoms with E-state index >= 15 is 0 Å². The van der Waals surface area contributed by atoms with Crippen LogP contribution >= 0.6 is 11.3 Å². The summed E-state index contributed by atoms with van der Waals surface area (Å²) in [6, 6.07) is 19.5. The van der Waals surface area contributed by atoms with Gasteiger partial charge in [0.1, 0.15) is 5.75 Å². The lowest BCUT2D eigenvalue weighted by molar-refractivity contribution is 0.0872. The Morgan fingerprint density at radius 1 is 0.962 bits per heavy atom. The number of hydrogen-bond acceptors (Lipinski definition) is 5.